The molecule has 148 valence electrons. The second-order valence-corrected chi connectivity index (χ2v) is 8.12. The van der Waals surface area contributed by atoms with E-state index in [1.54, 1.807) is 22.3 Å². The van der Waals surface area contributed by atoms with E-state index in [1.165, 1.54) is 6.20 Å². The van der Waals surface area contributed by atoms with Crippen LogP contribution in [0.4, 0.5) is 11.5 Å². The number of carbonyl (C=O) groups excluding carboxylic acids is 2. The molecule has 1 aromatic carbocycles. The zero-order chi connectivity index (χ0) is 20.4. The molecule has 0 atom stereocenters. The van der Waals surface area contributed by atoms with Crippen molar-refractivity contribution in [2.24, 2.45) is 0 Å². The van der Waals surface area contributed by atoms with Gasteiger partial charge in [-0.2, -0.15) is 0 Å². The summed E-state index contributed by atoms with van der Waals surface area (Å²) in [7, 11) is 0. The molecule has 8 heteroatoms. The summed E-state index contributed by atoms with van der Waals surface area (Å²) in [4.78, 5) is 36.6. The van der Waals surface area contributed by atoms with E-state index in [9.17, 15) is 9.59 Å². The van der Waals surface area contributed by atoms with Crippen LogP contribution in [0.15, 0.2) is 42.6 Å². The van der Waals surface area contributed by atoms with Crippen LogP contribution in [0.5, 0.6) is 0 Å². The SMILES string of the molecule is Cc1nc(C)c(CNC(=O)c2cnc3c(c2)N(Cc2ccccc2)C(=O)CN3)s1. The number of nitrogens with zero attached hydrogens (tertiary/aromatic N) is 3. The highest BCUT2D eigenvalue weighted by molar-refractivity contribution is 7.11. The van der Waals surface area contributed by atoms with Gasteiger partial charge in [0.15, 0.2) is 5.82 Å². The molecule has 0 spiro atoms. The van der Waals surface area contributed by atoms with Crippen LogP contribution in [0.2, 0.25) is 0 Å². The summed E-state index contributed by atoms with van der Waals surface area (Å²) < 4.78 is 0. The van der Waals surface area contributed by atoms with Crippen LogP contribution in [0, 0.1) is 13.8 Å². The Kier molecular flexibility index (Phi) is 5.26. The molecule has 4 rings (SSSR count). The molecule has 0 aliphatic carbocycles. The number of hydrogen-bond donors (Lipinski definition) is 2. The summed E-state index contributed by atoms with van der Waals surface area (Å²) in [5.41, 5.74) is 2.97. The van der Waals surface area contributed by atoms with Gasteiger partial charge in [0, 0.05) is 11.1 Å². The third-order valence-corrected chi connectivity index (χ3v) is 5.79. The smallest absolute Gasteiger partial charge is 0.253 e. The highest BCUT2D eigenvalue weighted by Gasteiger charge is 2.26. The average molecular weight is 407 g/mol. The predicted molar refractivity (Wildman–Crippen MR) is 113 cm³/mol. The fraction of sp³-hybridized carbons (Fsp3) is 0.238. The minimum atomic E-state index is -0.233. The Bertz CT molecular complexity index is 1060. The molecule has 1 aliphatic rings. The third kappa shape index (κ3) is 4.12. The van der Waals surface area contributed by atoms with Crippen molar-refractivity contribution in [3.63, 3.8) is 0 Å². The molecule has 1 aliphatic heterocycles. The lowest BCUT2D eigenvalue weighted by Gasteiger charge is -2.29. The maximum atomic E-state index is 12.7. The fourth-order valence-electron chi connectivity index (χ4n) is 3.25. The Balaban J connectivity index is 1.55. The lowest BCUT2D eigenvalue weighted by atomic mass is 10.1. The van der Waals surface area contributed by atoms with E-state index in [-0.39, 0.29) is 18.4 Å². The first kappa shape index (κ1) is 19.1. The van der Waals surface area contributed by atoms with Gasteiger partial charge in [-0.25, -0.2) is 9.97 Å². The lowest BCUT2D eigenvalue weighted by molar-refractivity contribution is -0.117. The zero-order valence-corrected chi connectivity index (χ0v) is 17.0. The van der Waals surface area contributed by atoms with E-state index in [0.717, 1.165) is 21.1 Å². The molecule has 0 saturated carbocycles. The first-order chi connectivity index (χ1) is 14.0. The van der Waals surface area contributed by atoms with Gasteiger partial charge in [0.25, 0.3) is 5.91 Å². The Morgan fingerprint density at radius 1 is 1.28 bits per heavy atom. The summed E-state index contributed by atoms with van der Waals surface area (Å²) in [6.07, 6.45) is 1.53. The van der Waals surface area contributed by atoms with Crippen molar-refractivity contribution < 1.29 is 9.59 Å². The van der Waals surface area contributed by atoms with E-state index in [0.29, 0.717) is 30.2 Å². The molecule has 7 nitrogen and oxygen atoms in total. The number of anilines is 2. The van der Waals surface area contributed by atoms with Crippen LogP contribution in [-0.2, 0) is 17.9 Å². The number of pyridine rings is 1. The van der Waals surface area contributed by atoms with Crippen LogP contribution >= 0.6 is 11.3 Å². The monoisotopic (exact) mass is 407 g/mol. The number of thiazole rings is 1. The van der Waals surface area contributed by atoms with Gasteiger partial charge in [-0.05, 0) is 25.5 Å². The second kappa shape index (κ2) is 8.00. The first-order valence-corrected chi connectivity index (χ1v) is 10.1. The van der Waals surface area contributed by atoms with Gasteiger partial charge in [-0.3, -0.25) is 9.59 Å². The Morgan fingerprint density at radius 2 is 2.07 bits per heavy atom. The molecule has 0 radical (unpaired) electrons. The molecule has 2 N–H and O–H groups in total. The molecule has 2 aromatic heterocycles. The van der Waals surface area contributed by atoms with Crippen LogP contribution in [-0.4, -0.2) is 28.3 Å². The standard InChI is InChI=1S/C21H21N5O2S/c1-13-18(29-14(2)25-13)10-24-21(28)16-8-17-20(22-9-16)23-11-19(27)26(17)12-15-6-4-3-5-7-15/h3-9H,10-12H2,1-2H3,(H,22,23)(H,24,28). The van der Waals surface area contributed by atoms with Gasteiger partial charge >= 0.3 is 0 Å². The molecule has 2 amide bonds. The van der Waals surface area contributed by atoms with Gasteiger partial charge in [-0.1, -0.05) is 30.3 Å². The average Bonchev–Trinajstić information content (AvgIpc) is 3.05. The maximum absolute atomic E-state index is 12.7. The zero-order valence-electron chi connectivity index (χ0n) is 16.2. The highest BCUT2D eigenvalue weighted by atomic mass is 32.1. The van der Waals surface area contributed by atoms with Crippen molar-refractivity contribution in [3.8, 4) is 0 Å². The topological polar surface area (TPSA) is 87.2 Å². The van der Waals surface area contributed by atoms with E-state index >= 15 is 0 Å². The number of rotatable bonds is 5. The summed E-state index contributed by atoms with van der Waals surface area (Å²) in [5.74, 6) is 0.311. The van der Waals surface area contributed by atoms with E-state index in [4.69, 9.17) is 0 Å². The number of amides is 2. The fourth-order valence-corrected chi connectivity index (χ4v) is 4.12. The molecule has 3 aromatic rings. The third-order valence-electron chi connectivity index (χ3n) is 4.72. The molecule has 3 heterocycles. The molecule has 0 saturated heterocycles. The van der Waals surface area contributed by atoms with Crippen LogP contribution in [0.1, 0.15) is 31.5 Å². The molecule has 0 unspecified atom stereocenters. The Hall–Kier alpha value is -3.26. The minimum absolute atomic E-state index is 0.0588. The normalized spacial score (nSPS) is 13.0. The highest BCUT2D eigenvalue weighted by Crippen LogP contribution is 2.30. The van der Waals surface area contributed by atoms with Crippen LogP contribution in [0.25, 0.3) is 0 Å². The molecular formula is C21H21N5O2S. The van der Waals surface area contributed by atoms with Crippen molar-refractivity contribution in [1.82, 2.24) is 15.3 Å². The van der Waals surface area contributed by atoms with Crippen molar-refractivity contribution in [2.45, 2.75) is 26.9 Å². The minimum Gasteiger partial charge on any atom is -0.359 e. The number of fused-ring (bicyclic) bond motifs is 1. The van der Waals surface area contributed by atoms with Gasteiger partial charge in [0.2, 0.25) is 5.91 Å². The van der Waals surface area contributed by atoms with Crippen LogP contribution in [0.3, 0.4) is 0 Å². The maximum Gasteiger partial charge on any atom is 0.253 e. The number of nitrogens with one attached hydrogen (secondary N) is 2. The van der Waals surface area contributed by atoms with Crippen molar-refractivity contribution in [3.05, 3.63) is 69.3 Å². The van der Waals surface area contributed by atoms with Crippen molar-refractivity contribution in [1.29, 1.82) is 0 Å². The van der Waals surface area contributed by atoms with E-state index < -0.39 is 0 Å². The van der Waals surface area contributed by atoms with Crippen LogP contribution < -0.4 is 15.5 Å². The Labute approximate surface area is 172 Å². The Morgan fingerprint density at radius 3 is 2.79 bits per heavy atom. The number of hydrogen-bond acceptors (Lipinski definition) is 6. The van der Waals surface area contributed by atoms with Gasteiger partial charge < -0.3 is 15.5 Å². The summed E-state index contributed by atoms with van der Waals surface area (Å²) >= 11 is 1.57. The number of aromatic nitrogens is 2. The first-order valence-electron chi connectivity index (χ1n) is 9.30. The van der Waals surface area contributed by atoms with E-state index in [2.05, 4.69) is 20.6 Å². The van der Waals surface area contributed by atoms with Crippen molar-refractivity contribution >= 4 is 34.7 Å². The van der Waals surface area contributed by atoms with Gasteiger partial charge in [-0.15, -0.1) is 11.3 Å². The number of benzene rings is 1. The quantitative estimate of drug-likeness (QED) is 0.679. The van der Waals surface area contributed by atoms with Gasteiger partial charge in [0.05, 0.1) is 41.6 Å². The molecular weight excluding hydrogens is 386 g/mol. The molecule has 0 bridgehead atoms. The number of carbonyl (C=O) groups is 2. The number of aryl methyl sites for hydroxylation is 2. The summed E-state index contributed by atoms with van der Waals surface area (Å²) in [6.45, 7) is 4.91. The summed E-state index contributed by atoms with van der Waals surface area (Å²) in [5, 5.41) is 6.92. The van der Waals surface area contributed by atoms with E-state index in [1.807, 2.05) is 44.2 Å². The lowest BCUT2D eigenvalue weighted by Crippen LogP contribution is -2.40. The second-order valence-electron chi connectivity index (χ2n) is 6.83. The van der Waals surface area contributed by atoms with Gasteiger partial charge in [0.1, 0.15) is 0 Å². The molecule has 0 fully saturated rings. The predicted octanol–water partition coefficient (Wildman–Crippen LogP) is 3.04. The largest absolute Gasteiger partial charge is 0.359 e. The molecule has 29 heavy (non-hydrogen) atoms. The summed E-state index contributed by atoms with van der Waals surface area (Å²) in [6, 6.07) is 11.5. The van der Waals surface area contributed by atoms with Crippen molar-refractivity contribution in [2.75, 3.05) is 16.8 Å².